The van der Waals surface area contributed by atoms with Crippen LogP contribution in [0.2, 0.25) is 5.02 Å². The molecule has 1 aromatic heterocycles. The van der Waals surface area contributed by atoms with Gasteiger partial charge in [0, 0.05) is 37.0 Å². The minimum atomic E-state index is -0.333. The van der Waals surface area contributed by atoms with Crippen molar-refractivity contribution in [1.29, 1.82) is 0 Å². The van der Waals surface area contributed by atoms with Gasteiger partial charge in [-0.15, -0.1) is 34.2 Å². The molecule has 0 atom stereocenters. The van der Waals surface area contributed by atoms with E-state index in [1.54, 1.807) is 13.1 Å². The first-order chi connectivity index (χ1) is 12.4. The lowest BCUT2D eigenvalue weighted by Gasteiger charge is -2.27. The van der Waals surface area contributed by atoms with E-state index in [9.17, 15) is 4.39 Å². The van der Waals surface area contributed by atoms with Crippen LogP contribution in [0.25, 0.3) is 0 Å². The van der Waals surface area contributed by atoms with Crippen molar-refractivity contribution in [3.8, 4) is 0 Å². The van der Waals surface area contributed by atoms with Crippen LogP contribution in [0.1, 0.15) is 37.5 Å². The van der Waals surface area contributed by atoms with E-state index in [0.29, 0.717) is 24.1 Å². The average molecular weight is 507 g/mol. The highest BCUT2D eigenvalue weighted by atomic mass is 127. The fourth-order valence-electron chi connectivity index (χ4n) is 3.16. The summed E-state index contributed by atoms with van der Waals surface area (Å²) in [7, 11) is 1.72. The lowest BCUT2D eigenvalue weighted by molar-refractivity contribution is 0.506. The molecule has 0 radical (unpaired) electrons. The fourth-order valence-corrected chi connectivity index (χ4v) is 3.59. The predicted octanol–water partition coefficient (Wildman–Crippen LogP) is 3.28. The minimum absolute atomic E-state index is 0. The highest BCUT2D eigenvalue weighted by molar-refractivity contribution is 14.0. The van der Waals surface area contributed by atoms with Gasteiger partial charge in [0.05, 0.1) is 6.54 Å². The quantitative estimate of drug-likeness (QED) is 0.371. The fraction of sp³-hybridized carbons (Fsp3) is 0.500. The summed E-state index contributed by atoms with van der Waals surface area (Å²) in [6, 6.07) is 4.51. The van der Waals surface area contributed by atoms with Crippen molar-refractivity contribution in [2.24, 2.45) is 4.99 Å². The maximum absolute atomic E-state index is 13.3. The molecule has 1 aromatic carbocycles. The zero-order valence-corrected chi connectivity index (χ0v) is 18.8. The van der Waals surface area contributed by atoms with Crippen LogP contribution >= 0.6 is 35.6 Å². The lowest BCUT2D eigenvalue weighted by Crippen LogP contribution is -2.43. The molecule has 1 aliphatic heterocycles. The second kappa shape index (κ2) is 9.18. The molecule has 0 saturated carbocycles. The average Bonchev–Trinajstić information content (AvgIpc) is 3.19. The van der Waals surface area contributed by atoms with Crippen LogP contribution in [0.5, 0.6) is 0 Å². The van der Waals surface area contributed by atoms with Crippen LogP contribution in [0.4, 0.5) is 4.39 Å². The summed E-state index contributed by atoms with van der Waals surface area (Å²) in [6.07, 6.45) is 2.12. The van der Waals surface area contributed by atoms with E-state index in [-0.39, 0.29) is 35.2 Å². The second-order valence-electron chi connectivity index (χ2n) is 7.08. The van der Waals surface area contributed by atoms with Gasteiger partial charge in [-0.2, -0.15) is 0 Å². The molecule has 27 heavy (non-hydrogen) atoms. The second-order valence-corrected chi connectivity index (χ2v) is 7.48. The topological polar surface area (TPSA) is 67.1 Å². The Hall–Kier alpha value is -1.42. The van der Waals surface area contributed by atoms with Crippen molar-refractivity contribution in [3.63, 3.8) is 0 Å². The third-order valence-electron chi connectivity index (χ3n) is 4.68. The Balaban J connectivity index is 0.00000261. The van der Waals surface area contributed by atoms with E-state index in [1.165, 1.54) is 12.1 Å². The maximum Gasteiger partial charge on any atom is 0.191 e. The standard InChI is InChI=1S/C18H24ClFN6.HI/c1-18(2,13-7-6-12(20)9-14(13)19)11-23-17(21-3)22-10-16-25-24-15-5-4-8-26(15)16;/h6-7,9H,4-5,8,10-11H2,1-3H3,(H2,21,22,23);1H. The van der Waals surface area contributed by atoms with E-state index in [0.717, 1.165) is 36.6 Å². The minimum Gasteiger partial charge on any atom is -0.356 e. The summed E-state index contributed by atoms with van der Waals surface area (Å²) in [5.74, 6) is 2.31. The number of aliphatic imine (C=N–C) groups is 1. The summed E-state index contributed by atoms with van der Waals surface area (Å²) in [5, 5.41) is 15.5. The number of hydrogen-bond donors (Lipinski definition) is 2. The van der Waals surface area contributed by atoms with Gasteiger partial charge in [0.15, 0.2) is 11.8 Å². The van der Waals surface area contributed by atoms with Gasteiger partial charge in [0.2, 0.25) is 0 Å². The number of rotatable bonds is 5. The van der Waals surface area contributed by atoms with E-state index >= 15 is 0 Å². The molecule has 1 aliphatic rings. The molecule has 2 aromatic rings. The summed E-state index contributed by atoms with van der Waals surface area (Å²) in [4.78, 5) is 4.26. The van der Waals surface area contributed by atoms with Crippen LogP contribution in [-0.4, -0.2) is 34.3 Å². The Bertz CT molecular complexity index is 820. The number of nitrogens with one attached hydrogen (secondary N) is 2. The molecule has 9 heteroatoms. The van der Waals surface area contributed by atoms with Gasteiger partial charge < -0.3 is 15.2 Å². The van der Waals surface area contributed by atoms with Crippen LogP contribution in [0.15, 0.2) is 23.2 Å². The van der Waals surface area contributed by atoms with Gasteiger partial charge in [0.1, 0.15) is 11.6 Å². The highest BCUT2D eigenvalue weighted by Crippen LogP contribution is 2.29. The number of aromatic nitrogens is 3. The Morgan fingerprint density at radius 1 is 1.33 bits per heavy atom. The van der Waals surface area contributed by atoms with E-state index in [2.05, 4.69) is 44.2 Å². The van der Waals surface area contributed by atoms with Gasteiger partial charge in [-0.3, -0.25) is 4.99 Å². The molecule has 0 amide bonds. The summed E-state index contributed by atoms with van der Waals surface area (Å²) in [6.45, 7) is 6.23. The van der Waals surface area contributed by atoms with Gasteiger partial charge in [-0.1, -0.05) is 31.5 Å². The zero-order valence-electron chi connectivity index (χ0n) is 15.7. The first-order valence-electron chi connectivity index (χ1n) is 8.72. The molecule has 0 saturated heterocycles. The number of nitrogens with zero attached hydrogens (tertiary/aromatic N) is 4. The maximum atomic E-state index is 13.3. The first kappa shape index (κ1) is 21.9. The lowest BCUT2D eigenvalue weighted by atomic mass is 9.84. The largest absolute Gasteiger partial charge is 0.356 e. The Kier molecular flexibility index (Phi) is 7.44. The molecule has 0 aliphatic carbocycles. The van der Waals surface area contributed by atoms with Crippen molar-refractivity contribution < 1.29 is 4.39 Å². The number of halogens is 3. The molecule has 0 bridgehead atoms. The molecule has 2 heterocycles. The highest BCUT2D eigenvalue weighted by Gasteiger charge is 2.24. The van der Waals surface area contributed by atoms with E-state index < -0.39 is 0 Å². The smallest absolute Gasteiger partial charge is 0.191 e. The number of fused-ring (bicyclic) bond motifs is 1. The summed E-state index contributed by atoms with van der Waals surface area (Å²) in [5.41, 5.74) is 0.595. The molecule has 3 rings (SSSR count). The molecule has 2 N–H and O–H groups in total. The van der Waals surface area contributed by atoms with Gasteiger partial charge in [-0.05, 0) is 24.1 Å². The molecule has 0 unspecified atom stereocenters. The van der Waals surface area contributed by atoms with Crippen molar-refractivity contribution in [2.75, 3.05) is 13.6 Å². The van der Waals surface area contributed by atoms with Gasteiger partial charge in [0.25, 0.3) is 0 Å². The normalized spacial score (nSPS) is 13.9. The SMILES string of the molecule is CN=C(NCc1nnc2n1CCC2)NCC(C)(C)c1ccc(F)cc1Cl.I. The van der Waals surface area contributed by atoms with E-state index in [4.69, 9.17) is 11.6 Å². The summed E-state index contributed by atoms with van der Waals surface area (Å²) >= 11 is 6.21. The van der Waals surface area contributed by atoms with Crippen molar-refractivity contribution in [1.82, 2.24) is 25.4 Å². The number of aryl methyl sites for hydroxylation is 1. The third kappa shape index (κ3) is 5.10. The van der Waals surface area contributed by atoms with Crippen LogP contribution < -0.4 is 10.6 Å². The number of guanidine groups is 1. The molecule has 0 fully saturated rings. The summed E-state index contributed by atoms with van der Waals surface area (Å²) < 4.78 is 15.4. The Labute approximate surface area is 181 Å². The Morgan fingerprint density at radius 3 is 2.81 bits per heavy atom. The molecule has 148 valence electrons. The van der Waals surface area contributed by atoms with Crippen molar-refractivity contribution >= 4 is 41.5 Å². The van der Waals surface area contributed by atoms with Crippen LogP contribution in [-0.2, 0) is 24.9 Å². The van der Waals surface area contributed by atoms with Gasteiger partial charge >= 0.3 is 0 Å². The Morgan fingerprint density at radius 2 is 2.11 bits per heavy atom. The zero-order chi connectivity index (χ0) is 18.7. The monoisotopic (exact) mass is 506 g/mol. The first-order valence-corrected chi connectivity index (χ1v) is 9.09. The predicted molar refractivity (Wildman–Crippen MR) is 116 cm³/mol. The van der Waals surface area contributed by atoms with Crippen molar-refractivity contribution in [2.45, 2.75) is 45.2 Å². The number of hydrogen-bond acceptors (Lipinski definition) is 3. The molecule has 6 nitrogen and oxygen atoms in total. The number of benzene rings is 1. The van der Waals surface area contributed by atoms with Crippen molar-refractivity contribution in [3.05, 3.63) is 46.3 Å². The molecular weight excluding hydrogens is 482 g/mol. The van der Waals surface area contributed by atoms with E-state index in [1.807, 2.05) is 0 Å². The molecule has 0 spiro atoms. The van der Waals surface area contributed by atoms with Crippen LogP contribution in [0.3, 0.4) is 0 Å². The van der Waals surface area contributed by atoms with Gasteiger partial charge in [-0.25, -0.2) is 4.39 Å². The third-order valence-corrected chi connectivity index (χ3v) is 4.99. The van der Waals surface area contributed by atoms with Crippen LogP contribution in [0, 0.1) is 5.82 Å². The molecular formula is C18H25ClFIN6.